The normalized spacial score (nSPS) is 12.9. The molecule has 0 saturated carbocycles. The molecule has 0 rings (SSSR count). The van der Waals surface area contributed by atoms with Crippen molar-refractivity contribution < 1.29 is 14.6 Å². The zero-order valence-electron chi connectivity index (χ0n) is 15.5. The largest absolute Gasteiger partial charge is 0.444 e. The van der Waals surface area contributed by atoms with Crippen LogP contribution >= 0.6 is 11.8 Å². The number of hydrogen-bond donors (Lipinski definition) is 2. The molecule has 0 spiro atoms. The van der Waals surface area contributed by atoms with Gasteiger partial charge in [-0.05, 0) is 32.9 Å². The Morgan fingerprint density at radius 1 is 1.09 bits per heavy atom. The number of unbranched alkanes of at least 4 members (excludes halogenated alkanes) is 7. The van der Waals surface area contributed by atoms with Gasteiger partial charge in [0.2, 0.25) is 0 Å². The van der Waals surface area contributed by atoms with Crippen LogP contribution in [0.4, 0.5) is 4.79 Å². The lowest BCUT2D eigenvalue weighted by Gasteiger charge is -2.22. The molecule has 0 aromatic carbocycles. The number of ether oxygens (including phenoxy) is 1. The summed E-state index contributed by atoms with van der Waals surface area (Å²) in [5, 5.41) is 12.1. The third kappa shape index (κ3) is 16.2. The second kappa shape index (κ2) is 14.0. The average Bonchev–Trinajstić information content (AvgIpc) is 2.46. The Kier molecular flexibility index (Phi) is 13.7. The summed E-state index contributed by atoms with van der Waals surface area (Å²) in [5.74, 6) is 1.81. The number of carbonyl (C=O) groups excluding carboxylic acids is 1. The highest BCUT2D eigenvalue weighted by Gasteiger charge is 2.18. The van der Waals surface area contributed by atoms with Gasteiger partial charge in [-0.3, -0.25) is 0 Å². The average molecular weight is 348 g/mol. The van der Waals surface area contributed by atoms with Gasteiger partial charge in [0.15, 0.2) is 0 Å². The van der Waals surface area contributed by atoms with Gasteiger partial charge in [-0.2, -0.15) is 11.8 Å². The number of alkyl carbamates (subject to hydrolysis) is 1. The lowest BCUT2D eigenvalue weighted by molar-refractivity contribution is 0.0491. The fourth-order valence-corrected chi connectivity index (χ4v) is 3.23. The molecule has 0 aliphatic carbocycles. The topological polar surface area (TPSA) is 58.6 Å². The number of carbonyl (C=O) groups is 1. The van der Waals surface area contributed by atoms with E-state index in [1.807, 2.05) is 20.8 Å². The van der Waals surface area contributed by atoms with Gasteiger partial charge < -0.3 is 15.2 Å². The molecule has 0 saturated heterocycles. The highest BCUT2D eigenvalue weighted by molar-refractivity contribution is 7.99. The molecular weight excluding hydrogens is 310 g/mol. The summed E-state index contributed by atoms with van der Waals surface area (Å²) in [6.45, 7) is 7.69. The van der Waals surface area contributed by atoms with E-state index in [9.17, 15) is 9.90 Å². The Labute approximate surface area is 147 Å². The minimum Gasteiger partial charge on any atom is -0.444 e. The van der Waals surface area contributed by atoms with Crippen LogP contribution in [0.2, 0.25) is 0 Å². The monoisotopic (exact) mass is 347 g/mol. The molecule has 0 fully saturated rings. The summed E-state index contributed by atoms with van der Waals surface area (Å²) in [5.41, 5.74) is -0.506. The minimum atomic E-state index is -0.506. The van der Waals surface area contributed by atoms with E-state index < -0.39 is 11.7 Å². The quantitative estimate of drug-likeness (QED) is 0.472. The van der Waals surface area contributed by atoms with Crippen LogP contribution in [-0.4, -0.2) is 41.0 Å². The number of aliphatic hydroxyl groups is 1. The molecule has 1 amide bonds. The minimum absolute atomic E-state index is 0.0519. The summed E-state index contributed by atoms with van der Waals surface area (Å²) in [6.07, 6.45) is 10.1. The van der Waals surface area contributed by atoms with Crippen molar-refractivity contribution in [2.24, 2.45) is 0 Å². The van der Waals surface area contributed by atoms with E-state index in [4.69, 9.17) is 4.74 Å². The van der Waals surface area contributed by atoms with Crippen molar-refractivity contribution in [2.45, 2.75) is 90.7 Å². The van der Waals surface area contributed by atoms with Gasteiger partial charge in [-0.15, -0.1) is 0 Å². The Morgan fingerprint density at radius 3 is 2.17 bits per heavy atom. The SMILES string of the molecule is CCCCCCCCCCSC[C@H](CO)NC(=O)OC(C)(C)C. The van der Waals surface area contributed by atoms with E-state index in [1.165, 1.54) is 51.4 Å². The molecule has 0 radical (unpaired) electrons. The number of amides is 1. The Morgan fingerprint density at radius 2 is 1.65 bits per heavy atom. The van der Waals surface area contributed by atoms with Crippen LogP contribution < -0.4 is 5.32 Å². The van der Waals surface area contributed by atoms with Crippen molar-refractivity contribution in [2.75, 3.05) is 18.1 Å². The van der Waals surface area contributed by atoms with E-state index >= 15 is 0 Å². The maximum absolute atomic E-state index is 11.7. The van der Waals surface area contributed by atoms with Gasteiger partial charge in [0.05, 0.1) is 12.6 Å². The molecule has 23 heavy (non-hydrogen) atoms. The van der Waals surface area contributed by atoms with E-state index in [1.54, 1.807) is 11.8 Å². The van der Waals surface area contributed by atoms with Crippen LogP contribution in [0.25, 0.3) is 0 Å². The van der Waals surface area contributed by atoms with Crippen molar-refractivity contribution in [1.82, 2.24) is 5.32 Å². The van der Waals surface area contributed by atoms with Crippen molar-refractivity contribution >= 4 is 17.9 Å². The molecule has 0 bridgehead atoms. The Balaban J connectivity index is 3.55. The second-order valence-electron chi connectivity index (χ2n) is 7.08. The molecule has 2 N–H and O–H groups in total. The maximum atomic E-state index is 11.7. The molecule has 0 aliphatic heterocycles. The fraction of sp³-hybridized carbons (Fsp3) is 0.944. The van der Waals surface area contributed by atoms with Crippen LogP contribution in [0.1, 0.15) is 79.1 Å². The summed E-state index contributed by atoms with van der Waals surface area (Å²) in [7, 11) is 0. The fourth-order valence-electron chi connectivity index (χ4n) is 2.18. The molecule has 0 aromatic rings. The predicted molar refractivity (Wildman–Crippen MR) is 100 cm³/mol. The third-order valence-electron chi connectivity index (χ3n) is 3.40. The van der Waals surface area contributed by atoms with Crippen LogP contribution in [0.3, 0.4) is 0 Å². The number of thioether (sulfide) groups is 1. The highest BCUT2D eigenvalue weighted by atomic mass is 32.2. The van der Waals surface area contributed by atoms with Crippen LogP contribution in [-0.2, 0) is 4.74 Å². The van der Waals surface area contributed by atoms with Crippen molar-refractivity contribution in [3.8, 4) is 0 Å². The summed E-state index contributed by atoms with van der Waals surface area (Å²) < 4.78 is 5.20. The molecule has 0 aromatic heterocycles. The molecule has 0 heterocycles. The number of hydrogen-bond acceptors (Lipinski definition) is 4. The molecule has 0 unspecified atom stereocenters. The molecule has 0 aliphatic rings. The van der Waals surface area contributed by atoms with E-state index in [0.29, 0.717) is 0 Å². The van der Waals surface area contributed by atoms with E-state index in [-0.39, 0.29) is 12.6 Å². The zero-order chi connectivity index (χ0) is 17.6. The molecular formula is C18H37NO3S. The van der Waals surface area contributed by atoms with E-state index in [2.05, 4.69) is 12.2 Å². The first-order valence-electron chi connectivity index (χ1n) is 9.07. The third-order valence-corrected chi connectivity index (χ3v) is 4.62. The smallest absolute Gasteiger partial charge is 0.407 e. The van der Waals surface area contributed by atoms with Crippen LogP contribution in [0, 0.1) is 0 Å². The zero-order valence-corrected chi connectivity index (χ0v) is 16.3. The summed E-state index contributed by atoms with van der Waals surface area (Å²) in [6, 6.07) is -0.233. The highest BCUT2D eigenvalue weighted by Crippen LogP contribution is 2.12. The lowest BCUT2D eigenvalue weighted by atomic mass is 10.1. The van der Waals surface area contributed by atoms with Gasteiger partial charge in [0, 0.05) is 5.75 Å². The first kappa shape index (κ1) is 22.6. The van der Waals surface area contributed by atoms with Crippen molar-refractivity contribution in [3.63, 3.8) is 0 Å². The molecule has 5 heteroatoms. The first-order chi connectivity index (χ1) is 10.9. The summed E-state index contributed by atoms with van der Waals surface area (Å²) >= 11 is 1.79. The number of aliphatic hydroxyl groups excluding tert-OH is 1. The molecule has 138 valence electrons. The van der Waals surface area contributed by atoms with Gasteiger partial charge in [-0.25, -0.2) is 4.79 Å². The van der Waals surface area contributed by atoms with Crippen molar-refractivity contribution in [1.29, 1.82) is 0 Å². The molecule has 1 atom stereocenters. The standard InChI is InChI=1S/C18H37NO3S/c1-5-6-7-8-9-10-11-12-13-23-15-16(14-20)19-17(21)22-18(2,3)4/h16,20H,5-15H2,1-4H3,(H,19,21)/t16-/m0/s1. The lowest BCUT2D eigenvalue weighted by Crippen LogP contribution is -2.42. The van der Waals surface area contributed by atoms with Crippen LogP contribution in [0.5, 0.6) is 0 Å². The molecule has 4 nitrogen and oxygen atoms in total. The van der Waals surface area contributed by atoms with Gasteiger partial charge >= 0.3 is 6.09 Å². The van der Waals surface area contributed by atoms with Gasteiger partial charge in [0.25, 0.3) is 0 Å². The first-order valence-corrected chi connectivity index (χ1v) is 10.2. The van der Waals surface area contributed by atoms with Gasteiger partial charge in [0.1, 0.15) is 5.60 Å². The number of rotatable bonds is 13. The van der Waals surface area contributed by atoms with E-state index in [0.717, 1.165) is 11.5 Å². The summed E-state index contributed by atoms with van der Waals surface area (Å²) in [4.78, 5) is 11.7. The Hall–Kier alpha value is -0.420. The van der Waals surface area contributed by atoms with Crippen molar-refractivity contribution in [3.05, 3.63) is 0 Å². The number of nitrogens with one attached hydrogen (secondary N) is 1. The van der Waals surface area contributed by atoms with Gasteiger partial charge in [-0.1, -0.05) is 51.9 Å². The predicted octanol–water partition coefficient (Wildman–Crippen LogP) is 4.75. The maximum Gasteiger partial charge on any atom is 0.407 e. The van der Waals surface area contributed by atoms with Crippen LogP contribution in [0.15, 0.2) is 0 Å². The second-order valence-corrected chi connectivity index (χ2v) is 8.23. The Bertz CT molecular complexity index is 292.